The van der Waals surface area contributed by atoms with E-state index in [0.717, 1.165) is 9.13 Å². The number of carbonyl (C=O) groups is 1. The topological polar surface area (TPSA) is 41.9 Å². The van der Waals surface area contributed by atoms with Gasteiger partial charge in [0.2, 0.25) is 5.82 Å². The zero-order valence-electron chi connectivity index (χ0n) is 17.4. The van der Waals surface area contributed by atoms with Crippen molar-refractivity contribution in [1.29, 1.82) is 0 Å². The van der Waals surface area contributed by atoms with Crippen LogP contribution < -0.4 is 9.75 Å². The molecule has 34 heavy (non-hydrogen) atoms. The monoisotopic (exact) mass is 584 g/mol. The Hall–Kier alpha value is -3.28. The van der Waals surface area contributed by atoms with Crippen molar-refractivity contribution in [2.45, 2.75) is 13.5 Å². The molecule has 0 radical (unpaired) electrons. The molecule has 1 aliphatic rings. The van der Waals surface area contributed by atoms with Crippen LogP contribution in [0.3, 0.4) is 0 Å². The Balaban J connectivity index is 1.60. The molecule has 3 aromatic carbocycles. The maximum atomic E-state index is 14.2. The highest BCUT2D eigenvalue weighted by molar-refractivity contribution is 14.1. The van der Waals surface area contributed by atoms with Crippen molar-refractivity contribution in [3.05, 3.63) is 97.9 Å². The van der Waals surface area contributed by atoms with Gasteiger partial charge in [-0.3, -0.25) is 4.79 Å². The minimum Gasteiger partial charge on any atom is -0.488 e. The Bertz CT molecular complexity index is 1330. The first kappa shape index (κ1) is 23.9. The molecule has 4 rings (SSSR count). The number of rotatable bonds is 5. The average molecular weight is 584 g/mol. The third kappa shape index (κ3) is 4.41. The Labute approximate surface area is 204 Å². The lowest BCUT2D eigenvalue weighted by atomic mass is 10.1. The second kappa shape index (κ2) is 9.53. The fourth-order valence-electron chi connectivity index (χ4n) is 3.24. The van der Waals surface area contributed by atoms with E-state index in [2.05, 4.69) is 27.7 Å². The van der Waals surface area contributed by atoms with E-state index in [0.29, 0.717) is 17.9 Å². The van der Waals surface area contributed by atoms with Gasteiger partial charge >= 0.3 is 0 Å². The molecule has 0 N–H and O–H groups in total. The minimum atomic E-state index is -2.31. The SMILES string of the molecule is CC1=NN(c2c(F)c(F)c(F)c(F)c2F)C(=O)/C1=C/c1ccc(OCc2ccccc2)c(I)c1. The number of anilines is 1. The summed E-state index contributed by atoms with van der Waals surface area (Å²) in [6.07, 6.45) is 1.41. The minimum absolute atomic E-state index is 0.0494. The van der Waals surface area contributed by atoms with Crippen molar-refractivity contribution in [2.75, 3.05) is 5.01 Å². The van der Waals surface area contributed by atoms with Gasteiger partial charge in [0, 0.05) is 0 Å². The standard InChI is InChI=1S/C24H14F5IN2O2/c1-12-15(24(33)32(31-12)23-21(28)19(26)18(25)20(27)22(23)29)9-14-7-8-17(16(30)10-14)34-11-13-5-3-2-4-6-13/h2-10H,11H2,1H3/b15-9+. The van der Waals surface area contributed by atoms with Crippen molar-refractivity contribution >= 4 is 46.0 Å². The van der Waals surface area contributed by atoms with Crippen LogP contribution in [0.25, 0.3) is 6.08 Å². The van der Waals surface area contributed by atoms with E-state index in [9.17, 15) is 26.7 Å². The summed E-state index contributed by atoms with van der Waals surface area (Å²) in [5, 5.41) is 3.90. The molecule has 10 heteroatoms. The molecule has 0 saturated heterocycles. The molecule has 0 fully saturated rings. The molecule has 174 valence electrons. The van der Waals surface area contributed by atoms with E-state index >= 15 is 0 Å². The van der Waals surface area contributed by atoms with Gasteiger partial charge in [0.25, 0.3) is 5.91 Å². The maximum absolute atomic E-state index is 14.2. The van der Waals surface area contributed by atoms with Gasteiger partial charge < -0.3 is 4.74 Å². The van der Waals surface area contributed by atoms with Gasteiger partial charge in [0.1, 0.15) is 18.0 Å². The summed E-state index contributed by atoms with van der Waals surface area (Å²) in [5.41, 5.74) is 0.101. The number of nitrogens with zero attached hydrogens (tertiary/aromatic N) is 2. The summed E-state index contributed by atoms with van der Waals surface area (Å²) in [5.74, 6) is -11.3. The predicted molar refractivity (Wildman–Crippen MR) is 125 cm³/mol. The van der Waals surface area contributed by atoms with Crippen molar-refractivity contribution in [3.8, 4) is 5.75 Å². The smallest absolute Gasteiger partial charge is 0.280 e. The molecule has 0 aliphatic carbocycles. The lowest BCUT2D eigenvalue weighted by Gasteiger charge is -2.15. The molecular formula is C24H14F5IN2O2. The van der Waals surface area contributed by atoms with Crippen LogP contribution in [0, 0.1) is 32.7 Å². The first-order chi connectivity index (χ1) is 16.2. The van der Waals surface area contributed by atoms with Gasteiger partial charge in [-0.15, -0.1) is 0 Å². The van der Waals surface area contributed by atoms with Gasteiger partial charge in [-0.1, -0.05) is 36.4 Å². The van der Waals surface area contributed by atoms with Gasteiger partial charge in [-0.05, 0) is 58.9 Å². The molecule has 0 unspecified atom stereocenters. The Morgan fingerprint density at radius 2 is 1.56 bits per heavy atom. The number of hydrogen-bond donors (Lipinski definition) is 0. The molecule has 0 bridgehead atoms. The van der Waals surface area contributed by atoms with Gasteiger partial charge in [-0.2, -0.15) is 10.1 Å². The lowest BCUT2D eigenvalue weighted by Crippen LogP contribution is -2.25. The van der Waals surface area contributed by atoms with E-state index in [-0.39, 0.29) is 16.3 Å². The predicted octanol–water partition coefficient (Wildman–Crippen LogP) is 6.37. The summed E-state index contributed by atoms with van der Waals surface area (Å²) in [7, 11) is 0. The molecular weight excluding hydrogens is 570 g/mol. The summed E-state index contributed by atoms with van der Waals surface area (Å²) in [6.45, 7) is 1.75. The highest BCUT2D eigenvalue weighted by Crippen LogP contribution is 2.34. The second-order valence-electron chi connectivity index (χ2n) is 7.24. The molecule has 0 spiro atoms. The van der Waals surface area contributed by atoms with Crippen LogP contribution in [-0.4, -0.2) is 11.6 Å². The number of hydrazone groups is 1. The summed E-state index contributed by atoms with van der Waals surface area (Å²) < 4.78 is 75.5. The third-order valence-electron chi connectivity index (χ3n) is 4.97. The van der Waals surface area contributed by atoms with E-state index < -0.39 is 40.7 Å². The molecule has 0 aromatic heterocycles. The van der Waals surface area contributed by atoms with Gasteiger partial charge in [-0.25, -0.2) is 22.0 Å². The number of halogens is 6. The van der Waals surface area contributed by atoms with Crippen molar-refractivity contribution in [2.24, 2.45) is 5.10 Å². The van der Waals surface area contributed by atoms with Crippen LogP contribution in [0.15, 0.2) is 59.2 Å². The maximum Gasteiger partial charge on any atom is 0.280 e. The summed E-state index contributed by atoms with van der Waals surface area (Å²) in [6, 6.07) is 14.6. The fourth-order valence-corrected chi connectivity index (χ4v) is 3.94. The van der Waals surface area contributed by atoms with Crippen LogP contribution in [0.2, 0.25) is 0 Å². The number of amides is 1. The van der Waals surface area contributed by atoms with E-state index in [1.807, 2.05) is 30.3 Å². The second-order valence-corrected chi connectivity index (χ2v) is 8.41. The normalized spacial score (nSPS) is 14.7. The summed E-state index contributed by atoms with van der Waals surface area (Å²) in [4.78, 5) is 12.8. The zero-order valence-corrected chi connectivity index (χ0v) is 19.5. The fraction of sp³-hybridized carbons (Fsp3) is 0.0833. The van der Waals surface area contributed by atoms with Gasteiger partial charge in [0.15, 0.2) is 23.3 Å². The third-order valence-corrected chi connectivity index (χ3v) is 5.81. The number of carbonyl (C=O) groups excluding carboxylic acids is 1. The number of hydrogen-bond acceptors (Lipinski definition) is 3. The van der Waals surface area contributed by atoms with Crippen LogP contribution in [0.1, 0.15) is 18.1 Å². The Kier molecular flexibility index (Phi) is 6.69. The molecule has 0 saturated carbocycles. The highest BCUT2D eigenvalue weighted by atomic mass is 127. The van der Waals surface area contributed by atoms with Gasteiger partial charge in [0.05, 0.1) is 14.9 Å². The first-order valence-corrected chi connectivity index (χ1v) is 10.9. The quantitative estimate of drug-likeness (QED) is 0.115. The van der Waals surface area contributed by atoms with E-state index in [1.165, 1.54) is 13.0 Å². The van der Waals surface area contributed by atoms with E-state index in [1.54, 1.807) is 18.2 Å². The number of benzene rings is 3. The molecule has 1 amide bonds. The van der Waals surface area contributed by atoms with Crippen LogP contribution in [-0.2, 0) is 11.4 Å². The van der Waals surface area contributed by atoms with Crippen molar-refractivity contribution < 1.29 is 31.5 Å². The van der Waals surface area contributed by atoms with Crippen molar-refractivity contribution in [1.82, 2.24) is 0 Å². The van der Waals surface area contributed by atoms with Crippen LogP contribution in [0.5, 0.6) is 5.75 Å². The van der Waals surface area contributed by atoms with Crippen LogP contribution in [0.4, 0.5) is 27.6 Å². The average Bonchev–Trinajstić information content (AvgIpc) is 3.10. The molecule has 1 aliphatic heterocycles. The molecule has 3 aromatic rings. The van der Waals surface area contributed by atoms with E-state index in [4.69, 9.17) is 4.74 Å². The number of ether oxygens (including phenoxy) is 1. The molecule has 0 atom stereocenters. The Morgan fingerprint density at radius 1 is 0.941 bits per heavy atom. The lowest BCUT2D eigenvalue weighted by molar-refractivity contribution is -0.114. The molecule has 4 nitrogen and oxygen atoms in total. The first-order valence-electron chi connectivity index (χ1n) is 9.78. The van der Waals surface area contributed by atoms with Crippen molar-refractivity contribution in [3.63, 3.8) is 0 Å². The zero-order chi connectivity index (χ0) is 24.6. The Morgan fingerprint density at radius 3 is 2.18 bits per heavy atom. The summed E-state index contributed by atoms with van der Waals surface area (Å²) >= 11 is 2.06. The largest absolute Gasteiger partial charge is 0.488 e. The van der Waals surface area contributed by atoms with Crippen LogP contribution >= 0.6 is 22.6 Å². The molecule has 1 heterocycles. The highest BCUT2D eigenvalue weighted by Gasteiger charge is 2.37.